The fraction of sp³-hybridized carbons (Fsp3) is 0.333. The molecule has 6 nitrogen and oxygen atoms in total. The molecule has 168 valence electrons. The van der Waals surface area contributed by atoms with Gasteiger partial charge in [-0.2, -0.15) is 0 Å². The summed E-state index contributed by atoms with van der Waals surface area (Å²) >= 11 is 0. The summed E-state index contributed by atoms with van der Waals surface area (Å²) in [6, 6.07) is 19.4. The Bertz CT molecular complexity index is 1160. The number of nitrogens with zero attached hydrogens (tertiary/aromatic N) is 4. The van der Waals surface area contributed by atoms with Gasteiger partial charge in [-0.3, -0.25) is 14.5 Å². The number of hydrogen-bond acceptors (Lipinski definition) is 4. The predicted molar refractivity (Wildman–Crippen MR) is 127 cm³/mol. The number of benzene rings is 2. The van der Waals surface area contributed by atoms with Gasteiger partial charge in [0.15, 0.2) is 0 Å². The SMILES string of the molecule is Cc1nc([C@H]2CCCN(C(=O)c3ccccc3)C2)nc2c1CCC(=O)N2Cc1ccccc1. The Balaban J connectivity index is 1.43. The molecule has 5 rings (SSSR count). The van der Waals surface area contributed by atoms with Crippen molar-refractivity contribution in [3.05, 3.63) is 88.9 Å². The van der Waals surface area contributed by atoms with E-state index in [-0.39, 0.29) is 17.7 Å². The number of fused-ring (bicyclic) bond motifs is 1. The standard InChI is InChI=1S/C27H28N4O2/c1-19-23-14-15-24(32)31(17-20-9-4-2-5-10-20)26(23)29-25(28-19)22-13-8-16-30(18-22)27(33)21-11-6-3-7-12-21/h2-7,9-12,22H,8,13-18H2,1H3/t22-/m0/s1. The van der Waals surface area contributed by atoms with Crippen molar-refractivity contribution < 1.29 is 9.59 Å². The van der Waals surface area contributed by atoms with E-state index in [1.54, 1.807) is 0 Å². The highest BCUT2D eigenvalue weighted by Crippen LogP contribution is 2.33. The van der Waals surface area contributed by atoms with Crippen molar-refractivity contribution in [3.8, 4) is 0 Å². The molecule has 2 aliphatic heterocycles. The number of rotatable bonds is 4. The Morgan fingerprint density at radius 3 is 2.48 bits per heavy atom. The van der Waals surface area contributed by atoms with Gasteiger partial charge < -0.3 is 4.90 Å². The van der Waals surface area contributed by atoms with Gasteiger partial charge in [-0.05, 0) is 43.9 Å². The highest BCUT2D eigenvalue weighted by molar-refractivity contribution is 5.95. The van der Waals surface area contributed by atoms with Gasteiger partial charge in [0, 0.05) is 42.2 Å². The van der Waals surface area contributed by atoms with Crippen LogP contribution in [0, 0.1) is 6.92 Å². The van der Waals surface area contributed by atoms with Crippen LogP contribution in [-0.2, 0) is 17.8 Å². The largest absolute Gasteiger partial charge is 0.338 e. The van der Waals surface area contributed by atoms with E-state index in [2.05, 4.69) is 0 Å². The third-order valence-corrected chi connectivity index (χ3v) is 6.63. The third kappa shape index (κ3) is 4.38. The minimum absolute atomic E-state index is 0.0517. The molecule has 0 spiro atoms. The van der Waals surface area contributed by atoms with Crippen molar-refractivity contribution in [1.82, 2.24) is 14.9 Å². The molecule has 2 aromatic carbocycles. The molecule has 2 amide bonds. The van der Waals surface area contributed by atoms with E-state index in [0.717, 1.165) is 47.8 Å². The molecule has 0 N–H and O–H groups in total. The second-order valence-corrected chi connectivity index (χ2v) is 8.89. The highest BCUT2D eigenvalue weighted by atomic mass is 16.2. The van der Waals surface area contributed by atoms with Crippen LogP contribution in [0.15, 0.2) is 60.7 Å². The zero-order valence-corrected chi connectivity index (χ0v) is 18.9. The molecular formula is C27H28N4O2. The first-order valence-corrected chi connectivity index (χ1v) is 11.7. The molecule has 1 fully saturated rings. The minimum Gasteiger partial charge on any atom is -0.338 e. The van der Waals surface area contributed by atoms with E-state index in [4.69, 9.17) is 9.97 Å². The average Bonchev–Trinajstić information content (AvgIpc) is 2.86. The van der Waals surface area contributed by atoms with Crippen molar-refractivity contribution in [2.24, 2.45) is 0 Å². The number of carbonyl (C=O) groups excluding carboxylic acids is 2. The number of piperidine rings is 1. The Kier molecular flexibility index (Phi) is 5.90. The van der Waals surface area contributed by atoms with Crippen LogP contribution in [0.2, 0.25) is 0 Å². The summed E-state index contributed by atoms with van der Waals surface area (Å²) in [5.41, 5.74) is 3.78. The van der Waals surface area contributed by atoms with Gasteiger partial charge in [-0.1, -0.05) is 48.5 Å². The maximum Gasteiger partial charge on any atom is 0.253 e. The van der Waals surface area contributed by atoms with Gasteiger partial charge in [0.05, 0.1) is 6.54 Å². The lowest BCUT2D eigenvalue weighted by Crippen LogP contribution is -2.40. The van der Waals surface area contributed by atoms with Gasteiger partial charge in [0.25, 0.3) is 5.91 Å². The van der Waals surface area contributed by atoms with Crippen LogP contribution in [-0.4, -0.2) is 39.8 Å². The third-order valence-electron chi connectivity index (χ3n) is 6.63. The summed E-state index contributed by atoms with van der Waals surface area (Å²) in [5, 5.41) is 0. The lowest BCUT2D eigenvalue weighted by molar-refractivity contribution is -0.119. The lowest BCUT2D eigenvalue weighted by atomic mass is 9.95. The Morgan fingerprint density at radius 1 is 1.00 bits per heavy atom. The molecule has 1 aromatic heterocycles. The van der Waals surface area contributed by atoms with Crippen LogP contribution in [0.5, 0.6) is 0 Å². The molecule has 3 heterocycles. The fourth-order valence-corrected chi connectivity index (χ4v) is 4.85. The van der Waals surface area contributed by atoms with Gasteiger partial charge >= 0.3 is 0 Å². The zero-order valence-electron chi connectivity index (χ0n) is 18.9. The fourth-order valence-electron chi connectivity index (χ4n) is 4.85. The molecule has 6 heteroatoms. The number of carbonyl (C=O) groups is 2. The molecule has 33 heavy (non-hydrogen) atoms. The summed E-state index contributed by atoms with van der Waals surface area (Å²) in [7, 11) is 0. The first-order chi connectivity index (χ1) is 16.1. The Hall–Kier alpha value is -3.54. The molecule has 3 aromatic rings. The maximum absolute atomic E-state index is 13.0. The predicted octanol–water partition coefficient (Wildman–Crippen LogP) is 4.28. The zero-order chi connectivity index (χ0) is 22.8. The van der Waals surface area contributed by atoms with Crippen molar-refractivity contribution in [2.75, 3.05) is 18.0 Å². The van der Waals surface area contributed by atoms with Crippen LogP contribution < -0.4 is 4.90 Å². The lowest BCUT2D eigenvalue weighted by Gasteiger charge is -2.34. The van der Waals surface area contributed by atoms with Crippen LogP contribution >= 0.6 is 0 Å². The number of likely N-dealkylation sites (tertiary alicyclic amines) is 1. The second kappa shape index (κ2) is 9.14. The van der Waals surface area contributed by atoms with Crippen molar-refractivity contribution in [1.29, 1.82) is 0 Å². The van der Waals surface area contributed by atoms with Crippen molar-refractivity contribution >= 4 is 17.6 Å². The Labute approximate surface area is 194 Å². The number of aromatic nitrogens is 2. The average molecular weight is 441 g/mol. The highest BCUT2D eigenvalue weighted by Gasteiger charge is 2.32. The second-order valence-electron chi connectivity index (χ2n) is 8.89. The Morgan fingerprint density at radius 2 is 1.73 bits per heavy atom. The van der Waals surface area contributed by atoms with E-state index in [1.165, 1.54) is 0 Å². The van der Waals surface area contributed by atoms with Gasteiger partial charge in [0.1, 0.15) is 11.6 Å². The normalized spacial score (nSPS) is 18.2. The van der Waals surface area contributed by atoms with Crippen molar-refractivity contribution in [3.63, 3.8) is 0 Å². The molecule has 0 radical (unpaired) electrons. The van der Waals surface area contributed by atoms with Gasteiger partial charge in [-0.15, -0.1) is 0 Å². The summed E-state index contributed by atoms with van der Waals surface area (Å²) < 4.78 is 0. The van der Waals surface area contributed by atoms with E-state index in [9.17, 15) is 9.59 Å². The summed E-state index contributed by atoms with van der Waals surface area (Å²) in [5.74, 6) is 1.69. The van der Waals surface area contributed by atoms with Crippen molar-refractivity contribution in [2.45, 2.75) is 45.1 Å². The quantitative estimate of drug-likeness (QED) is 0.607. The van der Waals surface area contributed by atoms with E-state index in [0.29, 0.717) is 31.5 Å². The maximum atomic E-state index is 13.0. The van der Waals surface area contributed by atoms with Crippen LogP contribution in [0.25, 0.3) is 0 Å². The van der Waals surface area contributed by atoms with E-state index < -0.39 is 0 Å². The topological polar surface area (TPSA) is 66.4 Å². The van der Waals surface area contributed by atoms with E-state index in [1.807, 2.05) is 77.4 Å². The molecular weight excluding hydrogens is 412 g/mol. The van der Waals surface area contributed by atoms with Gasteiger partial charge in [0.2, 0.25) is 5.91 Å². The minimum atomic E-state index is 0.0517. The molecule has 0 unspecified atom stereocenters. The molecule has 1 saturated heterocycles. The summed E-state index contributed by atoms with van der Waals surface area (Å²) in [4.78, 5) is 39.4. The first kappa shape index (κ1) is 21.3. The summed E-state index contributed by atoms with van der Waals surface area (Å²) in [6.45, 7) is 3.85. The molecule has 1 atom stereocenters. The molecule has 0 saturated carbocycles. The molecule has 2 aliphatic rings. The number of aryl methyl sites for hydroxylation is 1. The van der Waals surface area contributed by atoms with E-state index >= 15 is 0 Å². The van der Waals surface area contributed by atoms with Crippen LogP contribution in [0.1, 0.15) is 58.2 Å². The van der Waals surface area contributed by atoms with Crippen LogP contribution in [0.3, 0.4) is 0 Å². The smallest absolute Gasteiger partial charge is 0.253 e. The monoisotopic (exact) mass is 440 g/mol. The van der Waals surface area contributed by atoms with Crippen LogP contribution in [0.4, 0.5) is 5.82 Å². The first-order valence-electron chi connectivity index (χ1n) is 11.7. The van der Waals surface area contributed by atoms with Gasteiger partial charge in [-0.25, -0.2) is 9.97 Å². The number of hydrogen-bond donors (Lipinski definition) is 0. The molecule has 0 bridgehead atoms. The molecule has 0 aliphatic carbocycles. The number of anilines is 1. The number of amides is 2. The summed E-state index contributed by atoms with van der Waals surface area (Å²) in [6.07, 6.45) is 3.00.